The lowest BCUT2D eigenvalue weighted by atomic mass is 9.96. The molecule has 2 rings (SSSR count). The number of carbonyl (C=O) groups excluding carboxylic acids is 1. The summed E-state index contributed by atoms with van der Waals surface area (Å²) in [5.74, 6) is -0.257. The van der Waals surface area contributed by atoms with E-state index < -0.39 is 12.0 Å². The van der Waals surface area contributed by atoms with Gasteiger partial charge in [0.15, 0.2) is 0 Å². The molecule has 1 aromatic rings. The summed E-state index contributed by atoms with van der Waals surface area (Å²) < 4.78 is 0. The van der Waals surface area contributed by atoms with Gasteiger partial charge in [-0.1, -0.05) is 37.1 Å². The second kappa shape index (κ2) is 8.83. The maximum absolute atomic E-state index is 11.3. The first-order chi connectivity index (χ1) is 11.5. The number of nitrogens with zero attached hydrogens (tertiary/aromatic N) is 1. The van der Waals surface area contributed by atoms with Crippen molar-refractivity contribution in [1.82, 2.24) is 10.2 Å². The SMILES string of the molecule is CC(=O)NCCN(Cc1ccc(C2CCCC2)cc1)C(C)C(=O)O. The van der Waals surface area contributed by atoms with Crippen molar-refractivity contribution in [2.45, 2.75) is 58.0 Å². The average Bonchev–Trinajstić information content (AvgIpc) is 3.08. The van der Waals surface area contributed by atoms with Gasteiger partial charge in [0.1, 0.15) is 6.04 Å². The van der Waals surface area contributed by atoms with E-state index >= 15 is 0 Å². The van der Waals surface area contributed by atoms with E-state index in [0.29, 0.717) is 25.6 Å². The zero-order valence-electron chi connectivity index (χ0n) is 14.6. The summed E-state index contributed by atoms with van der Waals surface area (Å²) in [5, 5.41) is 12.0. The van der Waals surface area contributed by atoms with Gasteiger partial charge in [0.05, 0.1) is 0 Å². The minimum absolute atomic E-state index is 0.0983. The summed E-state index contributed by atoms with van der Waals surface area (Å²) in [6.45, 7) is 4.68. The van der Waals surface area contributed by atoms with Crippen molar-refractivity contribution in [2.75, 3.05) is 13.1 Å². The van der Waals surface area contributed by atoms with Crippen molar-refractivity contribution in [1.29, 1.82) is 0 Å². The molecule has 0 radical (unpaired) electrons. The maximum atomic E-state index is 11.3. The van der Waals surface area contributed by atoms with Gasteiger partial charge in [-0.15, -0.1) is 0 Å². The smallest absolute Gasteiger partial charge is 0.320 e. The molecule has 5 nitrogen and oxygen atoms in total. The molecule has 1 unspecified atom stereocenters. The molecule has 0 aliphatic heterocycles. The van der Waals surface area contributed by atoms with Crippen LogP contribution in [0.15, 0.2) is 24.3 Å². The van der Waals surface area contributed by atoms with E-state index in [2.05, 4.69) is 29.6 Å². The van der Waals surface area contributed by atoms with Gasteiger partial charge in [0, 0.05) is 26.6 Å². The number of carboxylic acids is 1. The van der Waals surface area contributed by atoms with Crippen molar-refractivity contribution in [3.8, 4) is 0 Å². The lowest BCUT2D eigenvalue weighted by Gasteiger charge is -2.26. The number of amides is 1. The van der Waals surface area contributed by atoms with E-state index in [9.17, 15) is 14.7 Å². The number of aliphatic carboxylic acids is 1. The molecule has 5 heteroatoms. The Labute approximate surface area is 144 Å². The van der Waals surface area contributed by atoms with E-state index in [0.717, 1.165) is 5.56 Å². The normalized spacial score (nSPS) is 16.3. The van der Waals surface area contributed by atoms with Crippen LogP contribution >= 0.6 is 0 Å². The van der Waals surface area contributed by atoms with Gasteiger partial charge in [-0.25, -0.2) is 0 Å². The quantitative estimate of drug-likeness (QED) is 0.768. The van der Waals surface area contributed by atoms with Crippen LogP contribution < -0.4 is 5.32 Å². The van der Waals surface area contributed by atoms with Crippen LogP contribution in [0.25, 0.3) is 0 Å². The lowest BCUT2D eigenvalue weighted by molar-refractivity contribution is -0.142. The Hall–Kier alpha value is -1.88. The van der Waals surface area contributed by atoms with Crippen molar-refractivity contribution in [2.24, 2.45) is 0 Å². The van der Waals surface area contributed by atoms with E-state index in [4.69, 9.17) is 0 Å². The molecular formula is C19H28N2O3. The second-order valence-electron chi connectivity index (χ2n) is 6.69. The molecule has 132 valence electrons. The molecule has 0 spiro atoms. The van der Waals surface area contributed by atoms with Crippen LogP contribution in [0.3, 0.4) is 0 Å². The van der Waals surface area contributed by atoms with Crippen LogP contribution in [0.4, 0.5) is 0 Å². The number of carbonyl (C=O) groups is 2. The molecule has 1 saturated carbocycles. The highest BCUT2D eigenvalue weighted by Gasteiger charge is 2.21. The highest BCUT2D eigenvalue weighted by Crippen LogP contribution is 2.34. The third kappa shape index (κ3) is 5.34. The largest absolute Gasteiger partial charge is 0.480 e. The van der Waals surface area contributed by atoms with Gasteiger partial charge < -0.3 is 10.4 Å². The van der Waals surface area contributed by atoms with Crippen LogP contribution in [-0.4, -0.2) is 41.0 Å². The molecule has 1 aliphatic carbocycles. The van der Waals surface area contributed by atoms with Crippen LogP contribution in [0.5, 0.6) is 0 Å². The Kier molecular flexibility index (Phi) is 6.79. The van der Waals surface area contributed by atoms with E-state index in [-0.39, 0.29) is 5.91 Å². The van der Waals surface area contributed by atoms with Crippen LogP contribution in [-0.2, 0) is 16.1 Å². The predicted octanol–water partition coefficient (Wildman–Crippen LogP) is 2.76. The zero-order chi connectivity index (χ0) is 17.5. The Morgan fingerprint density at radius 1 is 1.25 bits per heavy atom. The number of carboxylic acid groups (broad SMARTS) is 1. The maximum Gasteiger partial charge on any atom is 0.320 e. The first kappa shape index (κ1) is 18.5. The minimum Gasteiger partial charge on any atom is -0.480 e. The van der Waals surface area contributed by atoms with Gasteiger partial charge in [-0.2, -0.15) is 0 Å². The molecule has 24 heavy (non-hydrogen) atoms. The molecule has 2 N–H and O–H groups in total. The van der Waals surface area contributed by atoms with Gasteiger partial charge in [0.2, 0.25) is 5.91 Å². The van der Waals surface area contributed by atoms with Crippen LogP contribution in [0.1, 0.15) is 56.6 Å². The summed E-state index contributed by atoms with van der Waals surface area (Å²) in [5.41, 5.74) is 2.50. The van der Waals surface area contributed by atoms with Gasteiger partial charge in [0.25, 0.3) is 0 Å². The second-order valence-corrected chi connectivity index (χ2v) is 6.69. The van der Waals surface area contributed by atoms with Crippen LogP contribution in [0.2, 0.25) is 0 Å². The fourth-order valence-corrected chi connectivity index (χ4v) is 3.33. The number of nitrogens with one attached hydrogen (secondary N) is 1. The summed E-state index contributed by atoms with van der Waals surface area (Å²) >= 11 is 0. The molecule has 1 amide bonds. The van der Waals surface area contributed by atoms with E-state index in [1.54, 1.807) is 6.92 Å². The van der Waals surface area contributed by atoms with Crippen molar-refractivity contribution in [3.63, 3.8) is 0 Å². The summed E-state index contributed by atoms with van der Waals surface area (Å²) in [4.78, 5) is 24.2. The predicted molar refractivity (Wildman–Crippen MR) is 93.8 cm³/mol. The number of hydrogen-bond donors (Lipinski definition) is 2. The topological polar surface area (TPSA) is 69.6 Å². The lowest BCUT2D eigenvalue weighted by Crippen LogP contribution is -2.42. The Morgan fingerprint density at radius 2 is 1.88 bits per heavy atom. The summed E-state index contributed by atoms with van der Waals surface area (Å²) in [6.07, 6.45) is 5.19. The third-order valence-electron chi connectivity index (χ3n) is 4.87. The first-order valence-electron chi connectivity index (χ1n) is 8.77. The number of benzene rings is 1. The first-order valence-corrected chi connectivity index (χ1v) is 8.77. The molecule has 1 atom stereocenters. The minimum atomic E-state index is -0.847. The zero-order valence-corrected chi connectivity index (χ0v) is 14.6. The van der Waals surface area contributed by atoms with E-state index in [1.807, 2.05) is 4.90 Å². The van der Waals surface area contributed by atoms with Gasteiger partial charge in [-0.05, 0) is 36.8 Å². The Bertz CT molecular complexity index is 550. The monoisotopic (exact) mass is 332 g/mol. The Morgan fingerprint density at radius 3 is 2.42 bits per heavy atom. The van der Waals surface area contributed by atoms with Gasteiger partial charge in [-0.3, -0.25) is 14.5 Å². The standard InChI is InChI=1S/C19H28N2O3/c1-14(19(23)24)21(12-11-20-15(2)22)13-16-7-9-18(10-8-16)17-5-3-4-6-17/h7-10,14,17H,3-6,11-13H2,1-2H3,(H,20,22)(H,23,24). The molecule has 0 saturated heterocycles. The van der Waals surface area contributed by atoms with Gasteiger partial charge >= 0.3 is 5.97 Å². The highest BCUT2D eigenvalue weighted by molar-refractivity contribution is 5.73. The molecule has 1 aliphatic rings. The van der Waals surface area contributed by atoms with Crippen molar-refractivity contribution in [3.05, 3.63) is 35.4 Å². The number of hydrogen-bond acceptors (Lipinski definition) is 3. The molecule has 0 bridgehead atoms. The fraction of sp³-hybridized carbons (Fsp3) is 0.579. The Balaban J connectivity index is 1.98. The third-order valence-corrected chi connectivity index (χ3v) is 4.87. The van der Waals surface area contributed by atoms with Crippen molar-refractivity contribution >= 4 is 11.9 Å². The molecule has 1 fully saturated rings. The average molecular weight is 332 g/mol. The van der Waals surface area contributed by atoms with Crippen LogP contribution in [0, 0.1) is 0 Å². The number of rotatable bonds is 8. The fourth-order valence-electron chi connectivity index (χ4n) is 3.33. The van der Waals surface area contributed by atoms with E-state index in [1.165, 1.54) is 38.2 Å². The molecule has 1 aromatic carbocycles. The molecular weight excluding hydrogens is 304 g/mol. The summed E-state index contributed by atoms with van der Waals surface area (Å²) in [7, 11) is 0. The molecule has 0 aromatic heterocycles. The van der Waals surface area contributed by atoms with Crippen molar-refractivity contribution < 1.29 is 14.7 Å². The summed E-state index contributed by atoms with van der Waals surface area (Å²) in [6, 6.07) is 7.99. The molecule has 0 heterocycles. The highest BCUT2D eigenvalue weighted by atomic mass is 16.4.